The summed E-state index contributed by atoms with van der Waals surface area (Å²) < 4.78 is 0. The summed E-state index contributed by atoms with van der Waals surface area (Å²) in [6, 6.07) is 0. The molecule has 2 aliphatic carbocycles. The second-order valence-electron chi connectivity index (χ2n) is 5.49. The fourth-order valence-electron chi connectivity index (χ4n) is 1.91. The van der Waals surface area contributed by atoms with Crippen molar-refractivity contribution >= 4 is 12.6 Å². The van der Waals surface area contributed by atoms with Crippen LogP contribution in [0.5, 0.6) is 0 Å². The third-order valence-corrected chi connectivity index (χ3v) is 3.83. The molecule has 1 saturated carbocycles. The van der Waals surface area contributed by atoms with Gasteiger partial charge < -0.3 is 0 Å². The summed E-state index contributed by atoms with van der Waals surface area (Å²) in [4.78, 5) is 1.32. The second-order valence-corrected chi connectivity index (χ2v) is 6.01. The van der Waals surface area contributed by atoms with Crippen LogP contribution < -0.4 is 0 Å². The molecule has 0 radical (unpaired) electrons. The van der Waals surface area contributed by atoms with Gasteiger partial charge in [0.15, 0.2) is 0 Å². The molecule has 1 heteroatoms. The van der Waals surface area contributed by atoms with Gasteiger partial charge in [-0.2, -0.15) is 0 Å². The molecule has 2 aliphatic rings. The van der Waals surface area contributed by atoms with E-state index in [-0.39, 0.29) is 0 Å². The van der Waals surface area contributed by atoms with Crippen molar-refractivity contribution in [3.8, 4) is 0 Å². The van der Waals surface area contributed by atoms with Crippen molar-refractivity contribution in [1.82, 2.24) is 0 Å². The molecular formula is C13H20S. The van der Waals surface area contributed by atoms with E-state index < -0.39 is 0 Å². The Bertz CT molecular complexity index is 280. The number of rotatable bonds is 2. The highest BCUT2D eigenvalue weighted by atomic mass is 32.1. The first-order valence-electron chi connectivity index (χ1n) is 5.66. The lowest BCUT2D eigenvalue weighted by atomic mass is 9.78. The van der Waals surface area contributed by atoms with Crippen molar-refractivity contribution in [2.24, 2.45) is 11.3 Å². The van der Waals surface area contributed by atoms with Crippen LogP contribution in [-0.2, 0) is 0 Å². The van der Waals surface area contributed by atoms with E-state index in [4.69, 9.17) is 0 Å². The van der Waals surface area contributed by atoms with Gasteiger partial charge in [0, 0.05) is 0 Å². The predicted molar refractivity (Wildman–Crippen MR) is 65.5 cm³/mol. The molecule has 0 nitrogen and oxygen atoms in total. The molecule has 0 aliphatic heterocycles. The minimum atomic E-state index is 0.522. The van der Waals surface area contributed by atoms with Gasteiger partial charge in [0.25, 0.3) is 0 Å². The largest absolute Gasteiger partial charge is 0.148 e. The fraction of sp³-hybridized carbons (Fsp3) is 0.692. The van der Waals surface area contributed by atoms with Gasteiger partial charge in [-0.25, -0.2) is 0 Å². The van der Waals surface area contributed by atoms with E-state index in [1.54, 1.807) is 0 Å². The van der Waals surface area contributed by atoms with Crippen LogP contribution in [0, 0.1) is 11.3 Å². The van der Waals surface area contributed by atoms with E-state index in [0.29, 0.717) is 5.41 Å². The minimum Gasteiger partial charge on any atom is -0.148 e. The smallest absolute Gasteiger partial charge is 0.0104 e. The van der Waals surface area contributed by atoms with E-state index in [9.17, 15) is 0 Å². The average Bonchev–Trinajstić information content (AvgIpc) is 2.91. The molecule has 0 atom stereocenters. The van der Waals surface area contributed by atoms with E-state index in [2.05, 4.69) is 38.6 Å². The van der Waals surface area contributed by atoms with E-state index in [0.717, 1.165) is 5.92 Å². The van der Waals surface area contributed by atoms with Gasteiger partial charge in [-0.15, -0.1) is 12.6 Å². The first kappa shape index (κ1) is 10.4. The molecule has 0 spiro atoms. The number of thiol groups is 1. The SMILES string of the molecule is CC1(C)CC=C(/C=C(/S)C2CC2)CC1. The molecule has 2 rings (SSSR count). The highest BCUT2D eigenvalue weighted by Crippen LogP contribution is 2.40. The molecular weight excluding hydrogens is 188 g/mol. The molecule has 1 fully saturated rings. The maximum Gasteiger partial charge on any atom is -0.0104 e. The lowest BCUT2D eigenvalue weighted by Crippen LogP contribution is -2.13. The second kappa shape index (κ2) is 3.77. The Balaban J connectivity index is 1.99. The molecule has 0 aromatic heterocycles. The zero-order chi connectivity index (χ0) is 10.2. The van der Waals surface area contributed by atoms with Gasteiger partial charge in [-0.1, -0.05) is 25.5 Å². The maximum atomic E-state index is 4.56. The van der Waals surface area contributed by atoms with Gasteiger partial charge in [0.2, 0.25) is 0 Å². The van der Waals surface area contributed by atoms with Crippen LogP contribution in [0.4, 0.5) is 0 Å². The third-order valence-electron chi connectivity index (χ3n) is 3.34. The Labute approximate surface area is 92.9 Å². The summed E-state index contributed by atoms with van der Waals surface area (Å²) in [6.07, 6.45) is 11.2. The summed E-state index contributed by atoms with van der Waals surface area (Å²) in [5.74, 6) is 0.800. The number of hydrogen-bond donors (Lipinski definition) is 1. The topological polar surface area (TPSA) is 0 Å². The van der Waals surface area contributed by atoms with Gasteiger partial charge in [0.05, 0.1) is 0 Å². The lowest BCUT2D eigenvalue weighted by molar-refractivity contribution is 0.326. The monoisotopic (exact) mass is 208 g/mol. The van der Waals surface area contributed by atoms with Gasteiger partial charge >= 0.3 is 0 Å². The van der Waals surface area contributed by atoms with Crippen molar-refractivity contribution in [2.45, 2.75) is 46.0 Å². The minimum absolute atomic E-state index is 0.522. The molecule has 0 amide bonds. The molecule has 78 valence electrons. The van der Waals surface area contributed by atoms with Crippen LogP contribution in [0.1, 0.15) is 46.0 Å². The van der Waals surface area contributed by atoms with Crippen molar-refractivity contribution in [3.63, 3.8) is 0 Å². The van der Waals surface area contributed by atoms with Crippen molar-refractivity contribution in [2.75, 3.05) is 0 Å². The predicted octanol–water partition coefficient (Wildman–Crippen LogP) is 4.35. The van der Waals surface area contributed by atoms with E-state index in [1.807, 2.05) is 0 Å². The molecule has 0 saturated heterocycles. The van der Waals surface area contributed by atoms with Crippen LogP contribution in [-0.4, -0.2) is 0 Å². The van der Waals surface area contributed by atoms with E-state index in [1.165, 1.54) is 42.6 Å². The Morgan fingerprint density at radius 1 is 1.50 bits per heavy atom. The first-order chi connectivity index (χ1) is 6.57. The standard InChI is InChI=1S/C13H20S/c1-13(2)7-5-10(6-8-13)9-12(14)11-3-4-11/h5,9,11,14H,3-4,6-8H2,1-2H3/b12-9+. The number of allylic oxidation sites excluding steroid dienone is 4. The third kappa shape index (κ3) is 2.66. The molecule has 0 N–H and O–H groups in total. The lowest BCUT2D eigenvalue weighted by Gasteiger charge is -2.27. The summed E-state index contributed by atoms with van der Waals surface area (Å²) in [5.41, 5.74) is 2.04. The Morgan fingerprint density at radius 3 is 2.71 bits per heavy atom. The summed E-state index contributed by atoms with van der Waals surface area (Å²) in [5, 5.41) is 0. The molecule has 14 heavy (non-hydrogen) atoms. The van der Waals surface area contributed by atoms with Crippen LogP contribution in [0.3, 0.4) is 0 Å². The van der Waals surface area contributed by atoms with Gasteiger partial charge in [-0.3, -0.25) is 0 Å². The van der Waals surface area contributed by atoms with Crippen molar-refractivity contribution < 1.29 is 0 Å². The molecule has 0 bridgehead atoms. The van der Waals surface area contributed by atoms with Crippen LogP contribution in [0.25, 0.3) is 0 Å². The highest BCUT2D eigenvalue weighted by Gasteiger charge is 2.25. The van der Waals surface area contributed by atoms with Crippen molar-refractivity contribution in [1.29, 1.82) is 0 Å². The first-order valence-corrected chi connectivity index (χ1v) is 6.11. The zero-order valence-corrected chi connectivity index (χ0v) is 10.1. The summed E-state index contributed by atoms with van der Waals surface area (Å²) in [7, 11) is 0. The highest BCUT2D eigenvalue weighted by molar-refractivity contribution is 7.84. The van der Waals surface area contributed by atoms with Crippen LogP contribution in [0.15, 0.2) is 22.6 Å². The normalized spacial score (nSPS) is 27.4. The van der Waals surface area contributed by atoms with Gasteiger partial charge in [0.1, 0.15) is 0 Å². The van der Waals surface area contributed by atoms with Crippen molar-refractivity contribution in [3.05, 3.63) is 22.6 Å². The zero-order valence-electron chi connectivity index (χ0n) is 9.21. The quantitative estimate of drug-likeness (QED) is 0.641. The fourth-order valence-corrected chi connectivity index (χ4v) is 2.34. The molecule has 0 heterocycles. The Hall–Kier alpha value is -0.170. The molecule has 0 unspecified atom stereocenters. The summed E-state index contributed by atoms with van der Waals surface area (Å²) in [6.45, 7) is 4.71. The number of hydrogen-bond acceptors (Lipinski definition) is 1. The Morgan fingerprint density at radius 2 is 2.21 bits per heavy atom. The maximum absolute atomic E-state index is 4.56. The van der Waals surface area contributed by atoms with Crippen LogP contribution >= 0.6 is 12.6 Å². The summed E-state index contributed by atoms with van der Waals surface area (Å²) >= 11 is 4.56. The molecule has 0 aromatic carbocycles. The average molecular weight is 208 g/mol. The molecule has 0 aromatic rings. The van der Waals surface area contributed by atoms with Gasteiger partial charge in [-0.05, 0) is 54.4 Å². The van der Waals surface area contributed by atoms with Crippen LogP contribution in [0.2, 0.25) is 0 Å². The Kier molecular flexibility index (Phi) is 2.79. The van der Waals surface area contributed by atoms with E-state index >= 15 is 0 Å².